The van der Waals surface area contributed by atoms with Crippen LogP contribution in [0.2, 0.25) is 5.02 Å². The molecule has 0 bridgehead atoms. The molecule has 0 aliphatic carbocycles. The predicted molar refractivity (Wildman–Crippen MR) is 88.5 cm³/mol. The highest BCUT2D eigenvalue weighted by Crippen LogP contribution is 2.28. The lowest BCUT2D eigenvalue weighted by Gasteiger charge is -2.01. The zero-order valence-electron chi connectivity index (χ0n) is 11.8. The molecular weight excluding hydrogens is 317 g/mol. The van der Waals surface area contributed by atoms with Crippen LogP contribution in [0.5, 0.6) is 0 Å². The Morgan fingerprint density at radius 2 is 1.96 bits per heavy atom. The van der Waals surface area contributed by atoms with Gasteiger partial charge in [-0.3, -0.25) is 4.99 Å². The van der Waals surface area contributed by atoms with Crippen LogP contribution in [0.25, 0.3) is 16.6 Å². The molecule has 0 saturated heterocycles. The first-order chi connectivity index (χ1) is 11.1. The number of imidazole rings is 1. The number of fused-ring (bicyclic) bond motifs is 1. The second-order valence-corrected chi connectivity index (χ2v) is 5.63. The number of benzene rings is 2. The van der Waals surface area contributed by atoms with Crippen LogP contribution in [0.3, 0.4) is 0 Å². The van der Waals surface area contributed by atoms with Crippen LogP contribution in [-0.2, 0) is 0 Å². The number of nitrogens with one attached hydrogen (secondary N) is 1. The molecule has 0 atom stereocenters. The lowest BCUT2D eigenvalue weighted by atomic mass is 10.1. The molecule has 0 radical (unpaired) electrons. The Morgan fingerprint density at radius 1 is 1.17 bits per heavy atom. The van der Waals surface area contributed by atoms with E-state index in [0.717, 1.165) is 5.56 Å². The van der Waals surface area contributed by atoms with E-state index in [-0.39, 0.29) is 10.8 Å². The highest BCUT2D eigenvalue weighted by Gasteiger charge is 2.23. The summed E-state index contributed by atoms with van der Waals surface area (Å²) in [5, 5.41) is 10.5. The van der Waals surface area contributed by atoms with Gasteiger partial charge in [0.1, 0.15) is 23.1 Å². The monoisotopic (exact) mass is 327 g/mol. The Hall–Kier alpha value is -2.66. The van der Waals surface area contributed by atoms with E-state index in [9.17, 15) is 9.50 Å². The summed E-state index contributed by atoms with van der Waals surface area (Å²) < 4.78 is 13.5. The standard InChI is InChI=1S/C17H11ClFN3O/c18-11-6-13-14(7-12(11)19)22-17(21-13)10-8-20-15(16(10)23)9-4-2-1-3-5-9/h1-7,23H,8H2,(H,21,22). The molecule has 0 amide bonds. The van der Waals surface area contributed by atoms with Crippen molar-refractivity contribution in [3.63, 3.8) is 0 Å². The minimum Gasteiger partial charge on any atom is -0.505 e. The predicted octanol–water partition coefficient (Wildman–Crippen LogP) is 4.13. The maximum Gasteiger partial charge on any atom is 0.150 e. The molecule has 114 valence electrons. The van der Waals surface area contributed by atoms with E-state index in [0.29, 0.717) is 34.7 Å². The number of rotatable bonds is 2. The molecule has 0 fully saturated rings. The molecule has 0 spiro atoms. The van der Waals surface area contributed by atoms with Crippen molar-refractivity contribution in [3.8, 4) is 0 Å². The van der Waals surface area contributed by atoms with E-state index in [1.54, 1.807) is 0 Å². The van der Waals surface area contributed by atoms with Gasteiger partial charge in [-0.25, -0.2) is 9.37 Å². The first kappa shape index (κ1) is 14.0. The molecular formula is C17H11ClFN3O. The fourth-order valence-electron chi connectivity index (χ4n) is 2.61. The fraction of sp³-hybridized carbons (Fsp3) is 0.0588. The molecule has 4 rings (SSSR count). The molecule has 2 aromatic carbocycles. The average molecular weight is 328 g/mol. The number of halogens is 2. The van der Waals surface area contributed by atoms with E-state index < -0.39 is 5.82 Å². The minimum absolute atomic E-state index is 0.0152. The molecule has 4 nitrogen and oxygen atoms in total. The molecule has 1 aliphatic heterocycles. The van der Waals surface area contributed by atoms with Gasteiger partial charge in [0.15, 0.2) is 0 Å². The number of aliphatic imine (C=N–C) groups is 1. The van der Waals surface area contributed by atoms with Gasteiger partial charge < -0.3 is 10.1 Å². The van der Waals surface area contributed by atoms with Gasteiger partial charge in [-0.05, 0) is 6.07 Å². The summed E-state index contributed by atoms with van der Waals surface area (Å²) >= 11 is 5.78. The van der Waals surface area contributed by atoms with Gasteiger partial charge in [0.2, 0.25) is 0 Å². The molecule has 1 aromatic heterocycles. The third kappa shape index (κ3) is 2.29. The van der Waals surface area contributed by atoms with Crippen LogP contribution in [0.15, 0.2) is 53.2 Å². The molecule has 6 heteroatoms. The number of allylic oxidation sites excluding steroid dienone is 1. The zero-order valence-corrected chi connectivity index (χ0v) is 12.6. The summed E-state index contributed by atoms with van der Waals surface area (Å²) in [5.74, 6) is 0.0379. The van der Waals surface area contributed by atoms with Crippen LogP contribution in [0.1, 0.15) is 11.4 Å². The fourth-order valence-corrected chi connectivity index (χ4v) is 2.77. The van der Waals surface area contributed by atoms with Crippen molar-refractivity contribution in [3.05, 3.63) is 70.5 Å². The van der Waals surface area contributed by atoms with Gasteiger partial charge in [0, 0.05) is 11.6 Å². The molecule has 23 heavy (non-hydrogen) atoms. The maximum absolute atomic E-state index is 13.5. The number of H-pyrrole nitrogens is 1. The molecule has 0 saturated carbocycles. The van der Waals surface area contributed by atoms with Crippen molar-refractivity contribution in [2.75, 3.05) is 6.54 Å². The normalized spacial score (nSPS) is 14.6. The first-order valence-corrected chi connectivity index (χ1v) is 7.39. The number of hydrogen-bond acceptors (Lipinski definition) is 3. The Balaban J connectivity index is 1.78. The van der Waals surface area contributed by atoms with Gasteiger partial charge in [-0.15, -0.1) is 0 Å². The first-order valence-electron chi connectivity index (χ1n) is 7.01. The van der Waals surface area contributed by atoms with Crippen molar-refractivity contribution >= 4 is 33.9 Å². The Kier molecular flexibility index (Phi) is 3.16. The summed E-state index contributed by atoms with van der Waals surface area (Å²) in [5.41, 5.74) is 3.02. The van der Waals surface area contributed by atoms with Gasteiger partial charge in [-0.2, -0.15) is 0 Å². The van der Waals surface area contributed by atoms with Gasteiger partial charge >= 0.3 is 0 Å². The number of aliphatic hydroxyl groups is 1. The van der Waals surface area contributed by atoms with Gasteiger partial charge in [-0.1, -0.05) is 41.9 Å². The van der Waals surface area contributed by atoms with Crippen LogP contribution in [-0.4, -0.2) is 27.3 Å². The third-order valence-electron chi connectivity index (χ3n) is 3.76. The third-order valence-corrected chi connectivity index (χ3v) is 4.05. The quantitative estimate of drug-likeness (QED) is 0.743. The largest absolute Gasteiger partial charge is 0.505 e. The van der Waals surface area contributed by atoms with Crippen molar-refractivity contribution < 1.29 is 9.50 Å². The van der Waals surface area contributed by atoms with E-state index in [1.165, 1.54) is 12.1 Å². The summed E-state index contributed by atoms with van der Waals surface area (Å²) in [6.45, 7) is 0.312. The van der Waals surface area contributed by atoms with Crippen molar-refractivity contribution in [1.29, 1.82) is 0 Å². The summed E-state index contributed by atoms with van der Waals surface area (Å²) in [6.07, 6.45) is 0. The Morgan fingerprint density at radius 3 is 2.74 bits per heavy atom. The summed E-state index contributed by atoms with van der Waals surface area (Å²) in [6, 6.07) is 12.2. The minimum atomic E-state index is -0.514. The van der Waals surface area contributed by atoms with Crippen LogP contribution in [0.4, 0.5) is 4.39 Å². The highest BCUT2D eigenvalue weighted by molar-refractivity contribution is 6.31. The number of nitrogens with zero attached hydrogens (tertiary/aromatic N) is 2. The maximum atomic E-state index is 13.5. The van der Waals surface area contributed by atoms with E-state index in [2.05, 4.69) is 15.0 Å². The Bertz CT molecular complexity index is 937. The van der Waals surface area contributed by atoms with Crippen molar-refractivity contribution in [2.45, 2.75) is 0 Å². The lowest BCUT2D eigenvalue weighted by molar-refractivity contribution is 0.447. The van der Waals surface area contributed by atoms with Crippen molar-refractivity contribution in [1.82, 2.24) is 9.97 Å². The van der Waals surface area contributed by atoms with Gasteiger partial charge in [0.25, 0.3) is 0 Å². The van der Waals surface area contributed by atoms with Crippen molar-refractivity contribution in [2.24, 2.45) is 4.99 Å². The number of aromatic amines is 1. The van der Waals surface area contributed by atoms with Crippen LogP contribution < -0.4 is 0 Å². The van der Waals surface area contributed by atoms with E-state index in [4.69, 9.17) is 11.6 Å². The lowest BCUT2D eigenvalue weighted by Crippen LogP contribution is -2.02. The SMILES string of the molecule is OC1=C(c2nc3cc(Cl)c(F)cc3[nH]2)CN=C1c1ccccc1. The van der Waals surface area contributed by atoms with E-state index in [1.807, 2.05) is 30.3 Å². The highest BCUT2D eigenvalue weighted by atomic mass is 35.5. The number of aromatic nitrogens is 2. The second-order valence-electron chi connectivity index (χ2n) is 5.23. The molecule has 0 unspecified atom stereocenters. The molecule has 2 N–H and O–H groups in total. The van der Waals surface area contributed by atoms with Gasteiger partial charge in [0.05, 0.1) is 28.2 Å². The number of aliphatic hydroxyl groups excluding tert-OH is 1. The molecule has 1 aliphatic rings. The summed E-state index contributed by atoms with van der Waals surface area (Å²) in [7, 11) is 0. The second kappa shape index (κ2) is 5.21. The molecule has 3 aromatic rings. The van der Waals surface area contributed by atoms with Crippen LogP contribution in [0, 0.1) is 5.82 Å². The van der Waals surface area contributed by atoms with Crippen LogP contribution >= 0.6 is 11.6 Å². The Labute approximate surface area is 136 Å². The smallest absolute Gasteiger partial charge is 0.150 e. The zero-order chi connectivity index (χ0) is 16.0. The van der Waals surface area contributed by atoms with E-state index >= 15 is 0 Å². The molecule has 2 heterocycles. The summed E-state index contributed by atoms with van der Waals surface area (Å²) in [4.78, 5) is 11.8. The average Bonchev–Trinajstić information content (AvgIpc) is 3.12. The topological polar surface area (TPSA) is 61.3 Å². The number of hydrogen-bond donors (Lipinski definition) is 2.